The van der Waals surface area contributed by atoms with Gasteiger partial charge in [-0.1, -0.05) is 0 Å². The second-order valence-corrected chi connectivity index (χ2v) is 12.6. The fourth-order valence-corrected chi connectivity index (χ4v) is 7.67. The van der Waals surface area contributed by atoms with E-state index >= 15 is 0 Å². The summed E-state index contributed by atoms with van der Waals surface area (Å²) < 4.78 is 38.1. The van der Waals surface area contributed by atoms with E-state index in [9.17, 15) is 27.6 Å². The first-order valence-corrected chi connectivity index (χ1v) is 15.5. The van der Waals surface area contributed by atoms with E-state index in [0.29, 0.717) is 49.5 Å². The van der Waals surface area contributed by atoms with Crippen LogP contribution in [0.25, 0.3) is 0 Å². The highest BCUT2D eigenvalue weighted by Gasteiger charge is 2.34. The van der Waals surface area contributed by atoms with Crippen molar-refractivity contribution in [3.63, 3.8) is 0 Å². The summed E-state index contributed by atoms with van der Waals surface area (Å²) in [5, 5.41) is 3.11. The van der Waals surface area contributed by atoms with Crippen LogP contribution in [0.5, 0.6) is 0 Å². The summed E-state index contributed by atoms with van der Waals surface area (Å²) in [5.41, 5.74) is 1.26. The maximum atomic E-state index is 13.2. The Morgan fingerprint density at radius 2 is 1.75 bits per heavy atom. The zero-order valence-corrected chi connectivity index (χ0v) is 24.4. The summed E-state index contributed by atoms with van der Waals surface area (Å²) in [6.45, 7) is 6.45. The minimum atomic E-state index is -3.88. The Balaban J connectivity index is 1.52. The fourth-order valence-electron chi connectivity index (χ4n) is 4.90. The molecule has 40 heavy (non-hydrogen) atoms. The van der Waals surface area contributed by atoms with Gasteiger partial charge < -0.3 is 19.7 Å². The molecule has 13 heteroatoms. The summed E-state index contributed by atoms with van der Waals surface area (Å²) in [6.07, 6.45) is 1.58. The lowest BCUT2D eigenvalue weighted by molar-refractivity contribution is -0.149. The van der Waals surface area contributed by atoms with Crippen molar-refractivity contribution >= 4 is 50.1 Å². The molecule has 3 heterocycles. The predicted octanol–water partition coefficient (Wildman–Crippen LogP) is 3.05. The average molecular weight is 592 g/mol. The Labute approximate surface area is 237 Å². The van der Waals surface area contributed by atoms with Crippen LogP contribution in [0.1, 0.15) is 64.8 Å². The van der Waals surface area contributed by atoms with Crippen molar-refractivity contribution in [2.75, 3.05) is 38.2 Å². The van der Waals surface area contributed by atoms with Crippen LogP contribution in [-0.4, -0.2) is 74.2 Å². The van der Waals surface area contributed by atoms with Gasteiger partial charge in [0, 0.05) is 37.0 Å². The molecule has 2 aliphatic heterocycles. The third-order valence-electron chi connectivity index (χ3n) is 6.97. The highest BCUT2D eigenvalue weighted by Crippen LogP contribution is 2.38. The van der Waals surface area contributed by atoms with Crippen molar-refractivity contribution in [2.45, 2.75) is 51.5 Å². The lowest BCUT2D eigenvalue weighted by atomic mass is 10.0. The summed E-state index contributed by atoms with van der Waals surface area (Å²) in [7, 11) is -3.88. The molecule has 1 aromatic carbocycles. The average Bonchev–Trinajstić information content (AvgIpc) is 3.30. The number of sulfonamides is 1. The Hall–Kier alpha value is -3.29. The number of amides is 2. The van der Waals surface area contributed by atoms with E-state index in [-0.39, 0.29) is 36.1 Å². The van der Waals surface area contributed by atoms with Crippen LogP contribution in [0.2, 0.25) is 0 Å². The highest BCUT2D eigenvalue weighted by atomic mass is 32.2. The van der Waals surface area contributed by atoms with Crippen LogP contribution in [0.15, 0.2) is 29.2 Å². The van der Waals surface area contributed by atoms with Gasteiger partial charge in [0.05, 0.1) is 36.1 Å². The second-order valence-electron chi connectivity index (χ2n) is 9.55. The summed E-state index contributed by atoms with van der Waals surface area (Å²) in [5.74, 6) is -2.05. The number of carbonyl (C=O) groups excluding carboxylic acids is 4. The molecule has 2 aromatic rings. The van der Waals surface area contributed by atoms with E-state index < -0.39 is 33.8 Å². The van der Waals surface area contributed by atoms with Gasteiger partial charge in [0.15, 0.2) is 0 Å². The van der Waals surface area contributed by atoms with Crippen LogP contribution in [0, 0.1) is 5.92 Å². The molecule has 0 radical (unpaired) electrons. The Morgan fingerprint density at radius 3 is 2.40 bits per heavy atom. The first-order chi connectivity index (χ1) is 19.1. The normalized spacial score (nSPS) is 17.6. The standard InChI is InChI=1S/C27H33N3O8S2/c1-4-37-26(33)19-7-6-13-30(15-19)40(35,36)20-10-8-18(9-11-20)24(32)28-25-23(27(34)38-5-2)21-12-14-29(17(3)31)16-22(21)39-25/h8-11,19H,4-7,12-16H2,1-3H3,(H,28,32). The highest BCUT2D eigenvalue weighted by molar-refractivity contribution is 7.89. The van der Waals surface area contributed by atoms with Crippen LogP contribution in [0.4, 0.5) is 5.00 Å². The van der Waals surface area contributed by atoms with Crippen LogP contribution in [-0.2, 0) is 42.1 Å². The molecular formula is C27H33N3O8S2. The molecule has 1 N–H and O–H groups in total. The second kappa shape index (κ2) is 12.5. The molecule has 1 saturated heterocycles. The topological polar surface area (TPSA) is 139 Å². The van der Waals surface area contributed by atoms with E-state index in [1.54, 1.807) is 18.7 Å². The van der Waals surface area contributed by atoms with Crippen LogP contribution in [0.3, 0.4) is 0 Å². The van der Waals surface area contributed by atoms with Gasteiger partial charge in [0.25, 0.3) is 5.91 Å². The molecule has 4 rings (SSSR count). The van der Waals surface area contributed by atoms with Gasteiger partial charge in [0.1, 0.15) is 5.00 Å². The van der Waals surface area contributed by atoms with Crippen molar-refractivity contribution in [3.8, 4) is 0 Å². The number of carbonyl (C=O) groups is 4. The lowest BCUT2D eigenvalue weighted by Crippen LogP contribution is -2.42. The largest absolute Gasteiger partial charge is 0.466 e. The first kappa shape index (κ1) is 29.7. The third kappa shape index (κ3) is 6.21. The van der Waals surface area contributed by atoms with E-state index in [1.165, 1.54) is 46.8 Å². The monoisotopic (exact) mass is 591 g/mol. The molecule has 1 fully saturated rings. The predicted molar refractivity (Wildman–Crippen MR) is 148 cm³/mol. The SMILES string of the molecule is CCOC(=O)c1c(NC(=O)c2ccc(S(=O)(=O)N3CCCC(C(=O)OCC)C3)cc2)sc2c1CCN(C(C)=O)C2. The van der Waals surface area contributed by atoms with Crippen molar-refractivity contribution in [2.24, 2.45) is 5.92 Å². The zero-order chi connectivity index (χ0) is 29.0. The maximum absolute atomic E-state index is 13.2. The van der Waals surface area contributed by atoms with Crippen molar-refractivity contribution in [3.05, 3.63) is 45.8 Å². The van der Waals surface area contributed by atoms with Gasteiger partial charge in [0.2, 0.25) is 15.9 Å². The lowest BCUT2D eigenvalue weighted by Gasteiger charge is -2.30. The number of fused-ring (bicyclic) bond motifs is 1. The number of piperidine rings is 1. The summed E-state index contributed by atoms with van der Waals surface area (Å²) in [4.78, 5) is 52.5. The van der Waals surface area contributed by atoms with E-state index in [4.69, 9.17) is 9.47 Å². The van der Waals surface area contributed by atoms with Crippen molar-refractivity contribution < 1.29 is 37.1 Å². The van der Waals surface area contributed by atoms with E-state index in [0.717, 1.165) is 10.4 Å². The number of benzene rings is 1. The van der Waals surface area contributed by atoms with Gasteiger partial charge in [-0.05, 0) is 62.9 Å². The molecule has 0 aliphatic carbocycles. The van der Waals surface area contributed by atoms with Crippen molar-refractivity contribution in [1.82, 2.24) is 9.21 Å². The Morgan fingerprint density at radius 1 is 1.05 bits per heavy atom. The van der Waals surface area contributed by atoms with Gasteiger partial charge in [-0.3, -0.25) is 14.4 Å². The van der Waals surface area contributed by atoms with Crippen molar-refractivity contribution in [1.29, 1.82) is 0 Å². The summed E-state index contributed by atoms with van der Waals surface area (Å²) >= 11 is 1.23. The summed E-state index contributed by atoms with van der Waals surface area (Å²) in [6, 6.07) is 5.53. The molecule has 0 spiro atoms. The van der Waals surface area contributed by atoms with Gasteiger partial charge in [-0.15, -0.1) is 11.3 Å². The number of thiophene rings is 1. The number of hydrogen-bond donors (Lipinski definition) is 1. The smallest absolute Gasteiger partial charge is 0.341 e. The quantitative estimate of drug-likeness (QED) is 0.462. The third-order valence-corrected chi connectivity index (χ3v) is 9.98. The molecule has 1 unspecified atom stereocenters. The van der Waals surface area contributed by atoms with E-state index in [1.807, 2.05) is 0 Å². The zero-order valence-electron chi connectivity index (χ0n) is 22.7. The number of nitrogens with zero attached hydrogens (tertiary/aromatic N) is 2. The maximum Gasteiger partial charge on any atom is 0.341 e. The molecule has 0 bridgehead atoms. The number of ether oxygens (including phenoxy) is 2. The van der Waals surface area contributed by atoms with Gasteiger partial charge in [-0.2, -0.15) is 4.31 Å². The number of rotatable bonds is 8. The molecule has 0 saturated carbocycles. The number of anilines is 1. The molecular weight excluding hydrogens is 558 g/mol. The Bertz CT molecular complexity index is 1400. The fraction of sp³-hybridized carbons (Fsp3) is 0.481. The molecule has 1 aromatic heterocycles. The number of hydrogen-bond acceptors (Lipinski definition) is 9. The van der Waals surface area contributed by atoms with Gasteiger partial charge in [-0.25, -0.2) is 13.2 Å². The molecule has 216 valence electrons. The molecule has 2 amide bonds. The van der Waals surface area contributed by atoms with E-state index in [2.05, 4.69) is 5.32 Å². The minimum Gasteiger partial charge on any atom is -0.466 e. The Kier molecular flexibility index (Phi) is 9.26. The number of esters is 2. The number of nitrogens with one attached hydrogen (secondary N) is 1. The molecule has 11 nitrogen and oxygen atoms in total. The minimum absolute atomic E-state index is 0.0108. The first-order valence-electron chi connectivity index (χ1n) is 13.2. The molecule has 1 atom stereocenters. The van der Waals surface area contributed by atoms with Crippen LogP contribution >= 0.6 is 11.3 Å². The van der Waals surface area contributed by atoms with Crippen LogP contribution < -0.4 is 5.32 Å². The molecule has 2 aliphatic rings. The van der Waals surface area contributed by atoms with Gasteiger partial charge >= 0.3 is 11.9 Å².